The van der Waals surface area contributed by atoms with E-state index in [1.165, 1.54) is 0 Å². The summed E-state index contributed by atoms with van der Waals surface area (Å²) in [6, 6.07) is -1.00. The van der Waals surface area contributed by atoms with Crippen LogP contribution in [0.4, 0.5) is 0 Å². The van der Waals surface area contributed by atoms with E-state index in [2.05, 4.69) is 22.5 Å². The van der Waals surface area contributed by atoms with Gasteiger partial charge >= 0.3 is 0 Å². The molecular formula is C12H17N3O3. The monoisotopic (exact) mass is 251 g/mol. The molecule has 1 saturated heterocycles. The summed E-state index contributed by atoms with van der Waals surface area (Å²) in [4.78, 5) is 38.6. The Balaban J connectivity index is 1.89. The van der Waals surface area contributed by atoms with E-state index in [0.717, 1.165) is 6.42 Å². The summed E-state index contributed by atoms with van der Waals surface area (Å²) in [6.07, 6.45) is 4.05. The molecule has 0 aliphatic carbocycles. The summed E-state index contributed by atoms with van der Waals surface area (Å²) in [5.41, 5.74) is 0. The third-order valence-electron chi connectivity index (χ3n) is 3.27. The van der Waals surface area contributed by atoms with Gasteiger partial charge in [-0.2, -0.15) is 0 Å². The van der Waals surface area contributed by atoms with Crippen molar-refractivity contribution in [2.45, 2.75) is 44.7 Å². The minimum Gasteiger partial charge on any atom is -0.342 e. The number of hydrogen-bond acceptors (Lipinski definition) is 4. The Hall–Kier alpha value is -1.72. The molecule has 6 nitrogen and oxygen atoms in total. The predicted octanol–water partition coefficient (Wildman–Crippen LogP) is -0.223. The SMILES string of the molecule is CC1C=NC(C(=O)NC2CCC(=O)NC2=O)CC1. The van der Waals surface area contributed by atoms with Crippen LogP contribution in [0.3, 0.4) is 0 Å². The zero-order valence-electron chi connectivity index (χ0n) is 10.3. The molecule has 0 spiro atoms. The normalized spacial score (nSPS) is 31.9. The molecule has 0 aromatic rings. The van der Waals surface area contributed by atoms with Crippen LogP contribution in [0, 0.1) is 5.92 Å². The van der Waals surface area contributed by atoms with Gasteiger partial charge in [-0.3, -0.25) is 24.7 Å². The fraction of sp³-hybridized carbons (Fsp3) is 0.667. The van der Waals surface area contributed by atoms with Crippen molar-refractivity contribution in [2.75, 3.05) is 0 Å². The first-order chi connectivity index (χ1) is 8.56. The highest BCUT2D eigenvalue weighted by Gasteiger charge is 2.30. The lowest BCUT2D eigenvalue weighted by atomic mass is 9.98. The summed E-state index contributed by atoms with van der Waals surface area (Å²) in [7, 11) is 0. The summed E-state index contributed by atoms with van der Waals surface area (Å²) in [5, 5.41) is 4.87. The number of rotatable bonds is 2. The van der Waals surface area contributed by atoms with Crippen LogP contribution in [-0.4, -0.2) is 36.0 Å². The minimum atomic E-state index is -0.607. The molecule has 0 aromatic carbocycles. The topological polar surface area (TPSA) is 87.6 Å². The average molecular weight is 251 g/mol. The number of piperidine rings is 1. The zero-order valence-corrected chi connectivity index (χ0v) is 10.3. The van der Waals surface area contributed by atoms with E-state index in [0.29, 0.717) is 18.8 Å². The first kappa shape index (κ1) is 12.7. The Morgan fingerprint density at radius 3 is 2.78 bits per heavy atom. The predicted molar refractivity (Wildman–Crippen MR) is 65.0 cm³/mol. The molecule has 0 saturated carbocycles. The molecule has 18 heavy (non-hydrogen) atoms. The summed E-state index contributed by atoms with van der Waals surface area (Å²) >= 11 is 0. The van der Waals surface area contributed by atoms with Gasteiger partial charge in [-0.1, -0.05) is 6.92 Å². The maximum absolute atomic E-state index is 11.9. The summed E-state index contributed by atoms with van der Waals surface area (Å²) in [6.45, 7) is 2.05. The molecule has 2 heterocycles. The summed E-state index contributed by atoms with van der Waals surface area (Å²) in [5.74, 6) is -0.528. The van der Waals surface area contributed by atoms with Crippen molar-refractivity contribution in [3.63, 3.8) is 0 Å². The molecule has 0 radical (unpaired) electrons. The molecule has 3 atom stereocenters. The molecule has 0 bridgehead atoms. The largest absolute Gasteiger partial charge is 0.342 e. The highest BCUT2D eigenvalue weighted by atomic mass is 16.2. The maximum atomic E-state index is 11.9. The molecule has 2 aliphatic rings. The van der Waals surface area contributed by atoms with Crippen molar-refractivity contribution in [1.29, 1.82) is 0 Å². The van der Waals surface area contributed by atoms with Crippen LogP contribution in [0.25, 0.3) is 0 Å². The third-order valence-corrected chi connectivity index (χ3v) is 3.27. The van der Waals surface area contributed by atoms with Crippen molar-refractivity contribution in [1.82, 2.24) is 10.6 Å². The van der Waals surface area contributed by atoms with Crippen molar-refractivity contribution >= 4 is 23.9 Å². The van der Waals surface area contributed by atoms with Crippen LogP contribution in [-0.2, 0) is 14.4 Å². The smallest absolute Gasteiger partial charge is 0.249 e. The van der Waals surface area contributed by atoms with E-state index < -0.39 is 18.0 Å². The first-order valence-corrected chi connectivity index (χ1v) is 6.23. The van der Waals surface area contributed by atoms with Gasteiger partial charge in [0.2, 0.25) is 17.7 Å². The van der Waals surface area contributed by atoms with Gasteiger partial charge in [-0.15, -0.1) is 0 Å². The van der Waals surface area contributed by atoms with Gasteiger partial charge < -0.3 is 5.32 Å². The number of imide groups is 1. The van der Waals surface area contributed by atoms with Gasteiger partial charge in [0, 0.05) is 12.6 Å². The molecule has 2 rings (SSSR count). The van der Waals surface area contributed by atoms with Crippen molar-refractivity contribution < 1.29 is 14.4 Å². The second-order valence-corrected chi connectivity index (χ2v) is 4.88. The third kappa shape index (κ3) is 2.94. The van der Waals surface area contributed by atoms with E-state index in [9.17, 15) is 14.4 Å². The molecule has 6 heteroatoms. The molecule has 3 amide bonds. The Kier molecular flexibility index (Phi) is 3.74. The zero-order chi connectivity index (χ0) is 13.1. The van der Waals surface area contributed by atoms with Crippen LogP contribution in [0.1, 0.15) is 32.6 Å². The van der Waals surface area contributed by atoms with E-state index in [-0.39, 0.29) is 18.2 Å². The highest BCUT2D eigenvalue weighted by Crippen LogP contribution is 2.15. The Morgan fingerprint density at radius 1 is 1.39 bits per heavy atom. The maximum Gasteiger partial charge on any atom is 0.249 e. The number of nitrogens with zero attached hydrogens (tertiary/aromatic N) is 1. The molecule has 0 aromatic heterocycles. The van der Waals surface area contributed by atoms with Gasteiger partial charge in [0.25, 0.3) is 0 Å². The van der Waals surface area contributed by atoms with Gasteiger partial charge in [-0.05, 0) is 25.2 Å². The second-order valence-electron chi connectivity index (χ2n) is 4.88. The van der Waals surface area contributed by atoms with Crippen LogP contribution in [0.5, 0.6) is 0 Å². The van der Waals surface area contributed by atoms with Crippen LogP contribution in [0.15, 0.2) is 4.99 Å². The van der Waals surface area contributed by atoms with Gasteiger partial charge in [-0.25, -0.2) is 0 Å². The standard InChI is InChI=1S/C12H17N3O3/c1-7-2-3-8(13-6-7)11(17)14-9-4-5-10(16)15-12(9)18/h6-9H,2-5H2,1H3,(H,14,17)(H,15,16,18). The van der Waals surface area contributed by atoms with Crippen molar-refractivity contribution in [3.05, 3.63) is 0 Å². The van der Waals surface area contributed by atoms with Gasteiger partial charge in [0.1, 0.15) is 12.1 Å². The summed E-state index contributed by atoms with van der Waals surface area (Å²) < 4.78 is 0. The minimum absolute atomic E-state index is 0.229. The number of carbonyl (C=O) groups excluding carboxylic acids is 3. The quantitative estimate of drug-likeness (QED) is 0.665. The van der Waals surface area contributed by atoms with E-state index >= 15 is 0 Å². The Bertz CT molecular complexity index is 405. The number of aliphatic imine (C=N–C) groups is 1. The van der Waals surface area contributed by atoms with E-state index in [4.69, 9.17) is 0 Å². The van der Waals surface area contributed by atoms with Crippen LogP contribution < -0.4 is 10.6 Å². The lowest BCUT2D eigenvalue weighted by Gasteiger charge is -2.25. The number of carbonyl (C=O) groups is 3. The Morgan fingerprint density at radius 2 is 2.17 bits per heavy atom. The molecule has 2 N–H and O–H groups in total. The average Bonchev–Trinajstić information content (AvgIpc) is 2.33. The van der Waals surface area contributed by atoms with Crippen molar-refractivity contribution in [3.8, 4) is 0 Å². The lowest BCUT2D eigenvalue weighted by Crippen LogP contribution is -2.54. The van der Waals surface area contributed by atoms with Gasteiger partial charge in [0.15, 0.2) is 0 Å². The lowest BCUT2D eigenvalue weighted by molar-refractivity contribution is -0.137. The molecule has 3 unspecified atom stereocenters. The number of amides is 3. The van der Waals surface area contributed by atoms with E-state index in [1.54, 1.807) is 6.21 Å². The molecule has 98 valence electrons. The fourth-order valence-electron chi connectivity index (χ4n) is 2.12. The Labute approximate surface area is 105 Å². The molecule has 1 fully saturated rings. The molecule has 2 aliphatic heterocycles. The van der Waals surface area contributed by atoms with Gasteiger partial charge in [0.05, 0.1) is 0 Å². The second kappa shape index (κ2) is 5.29. The van der Waals surface area contributed by atoms with E-state index in [1.807, 2.05) is 0 Å². The highest BCUT2D eigenvalue weighted by molar-refractivity contribution is 6.02. The van der Waals surface area contributed by atoms with Crippen LogP contribution in [0.2, 0.25) is 0 Å². The number of nitrogens with one attached hydrogen (secondary N) is 2. The number of hydrogen-bond donors (Lipinski definition) is 2. The van der Waals surface area contributed by atoms with Crippen molar-refractivity contribution in [2.24, 2.45) is 10.9 Å². The first-order valence-electron chi connectivity index (χ1n) is 6.23. The fourth-order valence-corrected chi connectivity index (χ4v) is 2.12. The molecular weight excluding hydrogens is 234 g/mol. The van der Waals surface area contributed by atoms with Crippen LogP contribution >= 0.6 is 0 Å².